The van der Waals surface area contributed by atoms with Crippen molar-refractivity contribution < 1.29 is 23.8 Å². The highest BCUT2D eigenvalue weighted by Crippen LogP contribution is 2.43. The van der Waals surface area contributed by atoms with Crippen LogP contribution in [0.1, 0.15) is 111 Å². The third-order valence-electron chi connectivity index (χ3n) is 11.2. The van der Waals surface area contributed by atoms with Gasteiger partial charge in [0.25, 0.3) is 0 Å². The Kier molecular flexibility index (Phi) is 11.1. The van der Waals surface area contributed by atoms with Crippen LogP contribution < -0.4 is 0 Å². The minimum absolute atomic E-state index is 0.495. The van der Waals surface area contributed by atoms with Gasteiger partial charge in [-0.2, -0.15) is 0 Å². The lowest BCUT2D eigenvalue weighted by atomic mass is 9.89. The molecule has 4 aromatic heterocycles. The second-order valence-corrected chi connectivity index (χ2v) is 18.4. The Bertz CT molecular complexity index is 2840. The van der Waals surface area contributed by atoms with Gasteiger partial charge in [0.15, 0.2) is 23.5 Å². The molecular formula is C52H54N4O5. The van der Waals surface area contributed by atoms with Crippen LogP contribution in [0.15, 0.2) is 84.9 Å². The van der Waals surface area contributed by atoms with Crippen LogP contribution in [0.3, 0.4) is 0 Å². The van der Waals surface area contributed by atoms with Crippen LogP contribution in [0.5, 0.6) is 0 Å². The molecule has 1 aliphatic rings. The Morgan fingerprint density at radius 2 is 1.05 bits per heavy atom. The van der Waals surface area contributed by atoms with E-state index in [1.165, 1.54) is 5.56 Å². The number of pyridine rings is 4. The molecule has 0 saturated heterocycles. The standard InChI is InChI=1S/C52H54N4O5/c1-29-19-23-33(24-20-29)43-37-27-35-15-11-13-17-39(35)55-47(37)53-31(3)41(43)45(60-51(5,6)7)49(57)59-50(58)46(61-52(8,9)10)42-32(4)54-48-38(28-36-16-12-14-18-40(36)56-48)44(42)34-25-21-30(2)22-26-34/h11,13,15,17,19-28,45-46H,12,14,16,18H2,1-10H3. The predicted octanol–water partition coefficient (Wildman–Crippen LogP) is 11.7. The number of aromatic nitrogens is 4. The number of carbonyl (C=O) groups excluding carboxylic acids is 2. The molecule has 0 aliphatic heterocycles. The summed E-state index contributed by atoms with van der Waals surface area (Å²) in [5.41, 5.74) is 10.1. The van der Waals surface area contributed by atoms with Crippen LogP contribution in [0.25, 0.3) is 55.2 Å². The van der Waals surface area contributed by atoms with E-state index in [1.54, 1.807) is 0 Å². The normalized spacial score (nSPS) is 14.3. The van der Waals surface area contributed by atoms with Gasteiger partial charge in [0.1, 0.15) is 0 Å². The number of fused-ring (bicyclic) bond motifs is 4. The van der Waals surface area contributed by atoms with Gasteiger partial charge in [-0.1, -0.05) is 77.9 Å². The van der Waals surface area contributed by atoms with Gasteiger partial charge >= 0.3 is 11.9 Å². The number of aryl methyl sites for hydroxylation is 6. The number of hydrogen-bond donors (Lipinski definition) is 0. The zero-order valence-corrected chi connectivity index (χ0v) is 36.9. The van der Waals surface area contributed by atoms with Crippen LogP contribution in [-0.4, -0.2) is 43.1 Å². The Hall–Kier alpha value is -5.90. The topological polar surface area (TPSA) is 113 Å². The van der Waals surface area contributed by atoms with Gasteiger partial charge in [0.05, 0.1) is 16.7 Å². The largest absolute Gasteiger partial charge is 0.389 e. The van der Waals surface area contributed by atoms with Gasteiger partial charge in [-0.3, -0.25) is 0 Å². The van der Waals surface area contributed by atoms with E-state index in [0.29, 0.717) is 33.8 Å². The average molecular weight is 815 g/mol. The van der Waals surface area contributed by atoms with Crippen molar-refractivity contribution in [1.29, 1.82) is 0 Å². The third kappa shape index (κ3) is 8.68. The van der Waals surface area contributed by atoms with Crippen LogP contribution in [0.2, 0.25) is 0 Å². The Labute approximate surface area is 357 Å². The first-order valence-electron chi connectivity index (χ1n) is 21.2. The number of nitrogens with zero attached hydrogens (tertiary/aromatic N) is 4. The summed E-state index contributed by atoms with van der Waals surface area (Å²) < 4.78 is 19.4. The maximum atomic E-state index is 15.0. The SMILES string of the molecule is Cc1ccc(-c2c(C(OC(C)(C)C)C(=O)OC(=O)C(OC(C)(C)C)c3c(C)nc4nc5ccccc5cc4c3-c3ccc(C)cc3)c(C)nc3nc4c(cc23)CCCC4)cc1. The third-order valence-corrected chi connectivity index (χ3v) is 11.2. The lowest BCUT2D eigenvalue weighted by molar-refractivity contribution is -0.186. The number of ether oxygens (including phenoxy) is 3. The lowest BCUT2D eigenvalue weighted by Gasteiger charge is -2.31. The molecule has 7 aromatic rings. The summed E-state index contributed by atoms with van der Waals surface area (Å²) in [6, 6.07) is 28.4. The minimum Gasteiger partial charge on any atom is -0.389 e. The second-order valence-electron chi connectivity index (χ2n) is 18.4. The summed E-state index contributed by atoms with van der Waals surface area (Å²) in [4.78, 5) is 50.1. The summed E-state index contributed by atoms with van der Waals surface area (Å²) in [7, 11) is 0. The Morgan fingerprint density at radius 1 is 0.574 bits per heavy atom. The van der Waals surface area contributed by atoms with Crippen molar-refractivity contribution in [3.05, 3.63) is 130 Å². The molecule has 0 amide bonds. The molecular weight excluding hydrogens is 761 g/mol. The molecule has 4 heterocycles. The zero-order chi connectivity index (χ0) is 43.4. The molecule has 312 valence electrons. The van der Waals surface area contributed by atoms with E-state index in [4.69, 9.17) is 34.1 Å². The van der Waals surface area contributed by atoms with Gasteiger partial charge in [-0.05, 0) is 130 Å². The fraction of sp³-hybridized carbons (Fsp3) is 0.346. The summed E-state index contributed by atoms with van der Waals surface area (Å²) in [5, 5.41) is 2.49. The fourth-order valence-electron chi connectivity index (χ4n) is 8.42. The van der Waals surface area contributed by atoms with E-state index >= 15 is 9.59 Å². The van der Waals surface area contributed by atoms with Crippen LogP contribution >= 0.6 is 0 Å². The first-order chi connectivity index (χ1) is 28.9. The van der Waals surface area contributed by atoms with E-state index in [0.717, 1.165) is 86.4 Å². The number of esters is 2. The van der Waals surface area contributed by atoms with E-state index < -0.39 is 35.3 Å². The Morgan fingerprint density at radius 3 is 1.57 bits per heavy atom. The van der Waals surface area contributed by atoms with Crippen molar-refractivity contribution in [2.24, 2.45) is 0 Å². The molecule has 0 saturated carbocycles. The molecule has 61 heavy (non-hydrogen) atoms. The van der Waals surface area contributed by atoms with Gasteiger partial charge < -0.3 is 14.2 Å². The summed E-state index contributed by atoms with van der Waals surface area (Å²) in [6.07, 6.45) is 1.29. The maximum Gasteiger partial charge on any atom is 0.347 e. The fourth-order valence-corrected chi connectivity index (χ4v) is 8.42. The highest BCUT2D eigenvalue weighted by atomic mass is 16.6. The molecule has 0 spiro atoms. The summed E-state index contributed by atoms with van der Waals surface area (Å²) >= 11 is 0. The van der Waals surface area contributed by atoms with Crippen molar-refractivity contribution >= 4 is 44.9 Å². The van der Waals surface area contributed by atoms with Crippen LogP contribution in [0, 0.1) is 27.7 Å². The quantitative estimate of drug-likeness (QED) is 0.0840. The number of carbonyl (C=O) groups is 2. The van der Waals surface area contributed by atoms with Gasteiger partial charge in [0, 0.05) is 55.5 Å². The molecule has 2 atom stereocenters. The van der Waals surface area contributed by atoms with Crippen LogP contribution in [0.4, 0.5) is 0 Å². The number of hydrogen-bond acceptors (Lipinski definition) is 9. The van der Waals surface area contributed by atoms with Gasteiger partial charge in [-0.25, -0.2) is 29.5 Å². The van der Waals surface area contributed by atoms with Crippen molar-refractivity contribution in [1.82, 2.24) is 19.9 Å². The molecule has 9 nitrogen and oxygen atoms in total. The Balaban J connectivity index is 1.30. The predicted molar refractivity (Wildman–Crippen MR) is 241 cm³/mol. The zero-order valence-electron chi connectivity index (χ0n) is 36.9. The minimum atomic E-state index is -1.36. The van der Waals surface area contributed by atoms with Crippen LogP contribution in [-0.2, 0) is 36.6 Å². The molecule has 8 rings (SSSR count). The lowest BCUT2D eigenvalue weighted by Crippen LogP contribution is -2.34. The molecule has 0 radical (unpaired) electrons. The van der Waals surface area contributed by atoms with Crippen molar-refractivity contribution in [3.8, 4) is 22.3 Å². The van der Waals surface area contributed by atoms with Crippen molar-refractivity contribution in [2.45, 2.75) is 118 Å². The second kappa shape index (κ2) is 16.2. The highest BCUT2D eigenvalue weighted by Gasteiger charge is 2.40. The first kappa shape index (κ1) is 41.8. The summed E-state index contributed by atoms with van der Waals surface area (Å²) in [6.45, 7) is 19.0. The van der Waals surface area contributed by atoms with Gasteiger partial charge in [0.2, 0.25) is 0 Å². The maximum absolute atomic E-state index is 15.0. The number of para-hydroxylation sites is 1. The van der Waals surface area contributed by atoms with Gasteiger partial charge in [-0.15, -0.1) is 0 Å². The van der Waals surface area contributed by atoms with E-state index in [2.05, 4.69) is 12.1 Å². The van der Waals surface area contributed by atoms with Crippen molar-refractivity contribution in [2.75, 3.05) is 0 Å². The van der Waals surface area contributed by atoms with E-state index in [1.807, 2.05) is 142 Å². The molecule has 0 bridgehead atoms. The monoisotopic (exact) mass is 814 g/mol. The average Bonchev–Trinajstić information content (AvgIpc) is 3.20. The van der Waals surface area contributed by atoms with Crippen molar-refractivity contribution in [3.63, 3.8) is 0 Å². The molecule has 1 aliphatic carbocycles. The molecule has 0 N–H and O–H groups in total. The molecule has 2 unspecified atom stereocenters. The smallest absolute Gasteiger partial charge is 0.347 e. The molecule has 9 heteroatoms. The molecule has 0 fully saturated rings. The van der Waals surface area contributed by atoms with E-state index in [9.17, 15) is 0 Å². The first-order valence-corrected chi connectivity index (χ1v) is 21.2. The summed E-state index contributed by atoms with van der Waals surface area (Å²) in [5.74, 6) is -1.75. The number of benzene rings is 3. The number of rotatable bonds is 8. The highest BCUT2D eigenvalue weighted by molar-refractivity contribution is 6.04. The molecule has 3 aromatic carbocycles. The van der Waals surface area contributed by atoms with E-state index in [-0.39, 0.29) is 0 Å².